The summed E-state index contributed by atoms with van der Waals surface area (Å²) in [5, 5.41) is 4.54. The maximum Gasteiger partial charge on any atom is 0.203 e. The van der Waals surface area contributed by atoms with Gasteiger partial charge in [-0.1, -0.05) is 5.16 Å². The van der Waals surface area contributed by atoms with Gasteiger partial charge in [-0.2, -0.15) is 11.8 Å². The third-order valence-corrected chi connectivity index (χ3v) is 4.27. The Balaban J connectivity index is 2.04. The molecule has 0 aliphatic carbocycles. The van der Waals surface area contributed by atoms with E-state index in [-0.39, 0.29) is 11.7 Å². The first kappa shape index (κ1) is 7.74. The molecule has 3 aliphatic rings. The van der Waals surface area contributed by atoms with Crippen molar-refractivity contribution in [2.24, 2.45) is 5.16 Å². The van der Waals surface area contributed by atoms with Crippen LogP contribution in [0.15, 0.2) is 17.5 Å². The van der Waals surface area contributed by atoms with Gasteiger partial charge in [-0.15, -0.1) is 0 Å². The van der Waals surface area contributed by atoms with Crippen molar-refractivity contribution < 1.29 is 9.57 Å². The minimum absolute atomic E-state index is 0.0188. The Labute approximate surface area is 81.2 Å². The molecular formula is C9H11NO2S. The van der Waals surface area contributed by atoms with Crippen LogP contribution < -0.4 is 0 Å². The molecule has 3 atom stereocenters. The van der Waals surface area contributed by atoms with E-state index in [1.807, 2.05) is 17.8 Å². The fraction of sp³-hybridized carbons (Fsp3) is 0.667. The zero-order chi connectivity index (χ0) is 8.89. The highest BCUT2D eigenvalue weighted by atomic mass is 32.2. The average Bonchev–Trinajstić information content (AvgIpc) is 2.63. The molecule has 1 fully saturated rings. The van der Waals surface area contributed by atoms with Crippen LogP contribution in [0, 0.1) is 0 Å². The molecule has 70 valence electrons. The lowest BCUT2D eigenvalue weighted by Gasteiger charge is -2.36. The Hall–Kier alpha value is -0.640. The summed E-state index contributed by atoms with van der Waals surface area (Å²) >= 11 is 1.94. The number of hydrogen-bond acceptors (Lipinski definition) is 4. The maximum atomic E-state index is 5.72. The van der Waals surface area contributed by atoms with Crippen molar-refractivity contribution in [2.75, 3.05) is 5.75 Å². The SMILES string of the molecule is C[C@@H]1SCCC2=NO[C@H]3C=CO[C@@]231. The largest absolute Gasteiger partial charge is 0.483 e. The van der Waals surface area contributed by atoms with Gasteiger partial charge in [0.2, 0.25) is 5.60 Å². The predicted molar refractivity (Wildman–Crippen MR) is 51.8 cm³/mol. The summed E-state index contributed by atoms with van der Waals surface area (Å²) in [6, 6.07) is 0. The van der Waals surface area contributed by atoms with Crippen LogP contribution in [0.2, 0.25) is 0 Å². The monoisotopic (exact) mass is 197 g/mol. The van der Waals surface area contributed by atoms with Crippen molar-refractivity contribution in [3.05, 3.63) is 12.3 Å². The van der Waals surface area contributed by atoms with E-state index < -0.39 is 0 Å². The Morgan fingerprint density at radius 1 is 1.69 bits per heavy atom. The van der Waals surface area contributed by atoms with E-state index in [0.717, 1.165) is 17.9 Å². The normalized spacial score (nSPS) is 46.1. The van der Waals surface area contributed by atoms with Crippen molar-refractivity contribution in [2.45, 2.75) is 30.3 Å². The molecular weight excluding hydrogens is 186 g/mol. The van der Waals surface area contributed by atoms with Gasteiger partial charge in [-0.3, -0.25) is 0 Å². The second-order valence-electron chi connectivity index (χ2n) is 3.57. The fourth-order valence-electron chi connectivity index (χ4n) is 2.23. The van der Waals surface area contributed by atoms with Crippen LogP contribution in [0.3, 0.4) is 0 Å². The standard InChI is InChI=1S/C9H11NO2S/c1-6-9-7(3-5-13-6)10-12-8(9)2-4-11-9/h2,4,6,8H,3,5H2,1H3/t6-,8-,9-/m0/s1. The highest BCUT2D eigenvalue weighted by Gasteiger charge is 2.58. The molecule has 1 spiro atoms. The van der Waals surface area contributed by atoms with Gasteiger partial charge in [-0.25, -0.2) is 0 Å². The van der Waals surface area contributed by atoms with E-state index in [1.165, 1.54) is 0 Å². The first-order valence-corrected chi connectivity index (χ1v) is 5.58. The summed E-state index contributed by atoms with van der Waals surface area (Å²) in [5.74, 6) is 1.13. The molecule has 0 bridgehead atoms. The zero-order valence-electron chi connectivity index (χ0n) is 7.40. The summed E-state index contributed by atoms with van der Waals surface area (Å²) in [5.41, 5.74) is 0.830. The Bertz CT molecular complexity index is 302. The second-order valence-corrected chi connectivity index (χ2v) is 5.02. The maximum absolute atomic E-state index is 5.72. The molecule has 0 amide bonds. The molecule has 0 aromatic rings. The van der Waals surface area contributed by atoms with Crippen LogP contribution in [0.25, 0.3) is 0 Å². The van der Waals surface area contributed by atoms with Crippen molar-refractivity contribution >= 4 is 17.5 Å². The number of oxime groups is 1. The van der Waals surface area contributed by atoms with Crippen molar-refractivity contribution in [1.29, 1.82) is 0 Å². The molecule has 3 aliphatic heterocycles. The van der Waals surface area contributed by atoms with Crippen LogP contribution in [0.5, 0.6) is 0 Å². The summed E-state index contributed by atoms with van der Waals surface area (Å²) in [7, 11) is 0. The Morgan fingerprint density at radius 3 is 3.54 bits per heavy atom. The molecule has 4 heteroatoms. The van der Waals surface area contributed by atoms with Gasteiger partial charge in [0.05, 0.1) is 11.5 Å². The topological polar surface area (TPSA) is 30.8 Å². The minimum Gasteiger partial charge on any atom is -0.483 e. The van der Waals surface area contributed by atoms with Crippen LogP contribution in [0.1, 0.15) is 13.3 Å². The van der Waals surface area contributed by atoms with E-state index in [0.29, 0.717) is 5.25 Å². The number of nitrogens with zero attached hydrogens (tertiary/aromatic N) is 1. The summed E-state index contributed by atoms with van der Waals surface area (Å²) in [6.45, 7) is 2.19. The highest BCUT2D eigenvalue weighted by molar-refractivity contribution is 8.00. The van der Waals surface area contributed by atoms with Crippen molar-refractivity contribution in [1.82, 2.24) is 0 Å². The average molecular weight is 197 g/mol. The van der Waals surface area contributed by atoms with Gasteiger partial charge in [0.15, 0.2) is 6.10 Å². The molecule has 1 saturated heterocycles. The Morgan fingerprint density at radius 2 is 2.62 bits per heavy atom. The highest BCUT2D eigenvalue weighted by Crippen LogP contribution is 2.45. The lowest BCUT2D eigenvalue weighted by molar-refractivity contribution is 0.00356. The number of thioether (sulfide) groups is 1. The number of rotatable bonds is 0. The third kappa shape index (κ3) is 0.796. The molecule has 0 aromatic heterocycles. The van der Waals surface area contributed by atoms with Crippen LogP contribution in [0.4, 0.5) is 0 Å². The van der Waals surface area contributed by atoms with Gasteiger partial charge in [0.25, 0.3) is 0 Å². The molecule has 0 N–H and O–H groups in total. The van der Waals surface area contributed by atoms with E-state index in [1.54, 1.807) is 6.26 Å². The molecule has 0 saturated carbocycles. The first-order chi connectivity index (χ1) is 6.34. The summed E-state index contributed by atoms with van der Waals surface area (Å²) in [4.78, 5) is 5.35. The van der Waals surface area contributed by atoms with Gasteiger partial charge < -0.3 is 9.57 Å². The van der Waals surface area contributed by atoms with Crippen LogP contribution in [-0.4, -0.2) is 28.4 Å². The minimum atomic E-state index is -0.261. The second kappa shape index (κ2) is 2.44. The van der Waals surface area contributed by atoms with Gasteiger partial charge in [0.1, 0.15) is 5.71 Å². The molecule has 3 rings (SSSR count). The van der Waals surface area contributed by atoms with E-state index in [4.69, 9.17) is 9.57 Å². The fourth-order valence-corrected chi connectivity index (χ4v) is 3.47. The van der Waals surface area contributed by atoms with E-state index in [2.05, 4.69) is 12.1 Å². The van der Waals surface area contributed by atoms with Crippen LogP contribution >= 0.6 is 11.8 Å². The molecule has 0 radical (unpaired) electrons. The molecule has 0 unspecified atom stereocenters. The molecule has 0 aromatic carbocycles. The molecule has 3 heterocycles. The van der Waals surface area contributed by atoms with Crippen LogP contribution in [-0.2, 0) is 9.57 Å². The van der Waals surface area contributed by atoms with E-state index in [9.17, 15) is 0 Å². The Kier molecular flexibility index (Phi) is 1.45. The number of hydrogen-bond donors (Lipinski definition) is 0. The predicted octanol–water partition coefficient (Wildman–Crippen LogP) is 1.55. The summed E-state index contributed by atoms with van der Waals surface area (Å²) in [6.07, 6.45) is 4.72. The van der Waals surface area contributed by atoms with Crippen molar-refractivity contribution in [3.63, 3.8) is 0 Å². The summed E-state index contributed by atoms with van der Waals surface area (Å²) < 4.78 is 5.72. The lowest BCUT2D eigenvalue weighted by atomic mass is 9.87. The van der Waals surface area contributed by atoms with E-state index >= 15 is 0 Å². The zero-order valence-corrected chi connectivity index (χ0v) is 8.21. The van der Waals surface area contributed by atoms with Gasteiger partial charge in [-0.05, 0) is 18.8 Å². The first-order valence-electron chi connectivity index (χ1n) is 4.53. The molecule has 13 heavy (non-hydrogen) atoms. The van der Waals surface area contributed by atoms with Crippen molar-refractivity contribution in [3.8, 4) is 0 Å². The van der Waals surface area contributed by atoms with Gasteiger partial charge in [0, 0.05) is 6.42 Å². The molecule has 3 nitrogen and oxygen atoms in total. The third-order valence-electron chi connectivity index (χ3n) is 2.98. The number of ether oxygens (including phenoxy) is 1. The quantitative estimate of drug-likeness (QED) is 0.590. The lowest BCUT2D eigenvalue weighted by Crippen LogP contribution is -2.53. The smallest absolute Gasteiger partial charge is 0.203 e. The van der Waals surface area contributed by atoms with Gasteiger partial charge >= 0.3 is 0 Å².